The molecule has 2 nitrogen and oxygen atoms in total. The first-order valence-electron chi connectivity index (χ1n) is 6.21. The summed E-state index contributed by atoms with van der Waals surface area (Å²) in [6.45, 7) is 6.32. The van der Waals surface area contributed by atoms with E-state index in [2.05, 4.69) is 39.0 Å². The summed E-state index contributed by atoms with van der Waals surface area (Å²) in [5.74, 6) is 1.03. The molecule has 1 unspecified atom stereocenters. The fraction of sp³-hybridized carbons (Fsp3) is 0.571. The second-order valence-electron chi connectivity index (χ2n) is 5.71. The molecule has 0 saturated heterocycles. The molecule has 1 saturated carbocycles. The van der Waals surface area contributed by atoms with Crippen molar-refractivity contribution < 1.29 is 4.74 Å². The standard InChI is InChI=1S/C14H19NOS/c1-9(15)14(6-7-14)10-4-5-12-11(8-10)16-13(2,3)17-12/h4-5,8-9H,6-7,15H2,1-3H3. The van der Waals surface area contributed by atoms with Crippen LogP contribution in [0.15, 0.2) is 23.1 Å². The maximum atomic E-state index is 6.12. The highest BCUT2D eigenvalue weighted by atomic mass is 32.2. The Morgan fingerprint density at radius 1 is 1.35 bits per heavy atom. The highest BCUT2D eigenvalue weighted by molar-refractivity contribution is 8.00. The minimum absolute atomic E-state index is 0.133. The molecule has 0 aromatic heterocycles. The number of fused-ring (bicyclic) bond motifs is 1. The van der Waals surface area contributed by atoms with Crippen LogP contribution < -0.4 is 10.5 Å². The molecule has 17 heavy (non-hydrogen) atoms. The number of hydrogen-bond acceptors (Lipinski definition) is 3. The van der Waals surface area contributed by atoms with Crippen LogP contribution in [0.2, 0.25) is 0 Å². The van der Waals surface area contributed by atoms with Crippen molar-refractivity contribution in [3.63, 3.8) is 0 Å². The van der Waals surface area contributed by atoms with Crippen LogP contribution in [0, 0.1) is 0 Å². The lowest BCUT2D eigenvalue weighted by atomic mass is 9.89. The zero-order chi connectivity index (χ0) is 12.3. The fourth-order valence-electron chi connectivity index (χ4n) is 2.67. The lowest BCUT2D eigenvalue weighted by Crippen LogP contribution is -2.31. The van der Waals surface area contributed by atoms with Gasteiger partial charge in [0.05, 0.1) is 4.90 Å². The molecule has 0 amide bonds. The van der Waals surface area contributed by atoms with Crippen LogP contribution in [0.3, 0.4) is 0 Å². The topological polar surface area (TPSA) is 35.2 Å². The zero-order valence-electron chi connectivity index (χ0n) is 10.6. The van der Waals surface area contributed by atoms with E-state index in [0.717, 1.165) is 5.75 Å². The summed E-state index contributed by atoms with van der Waals surface area (Å²) >= 11 is 1.79. The van der Waals surface area contributed by atoms with Gasteiger partial charge >= 0.3 is 0 Å². The first-order chi connectivity index (χ1) is 7.93. The summed E-state index contributed by atoms with van der Waals surface area (Å²) in [6, 6.07) is 6.84. The van der Waals surface area contributed by atoms with Crippen molar-refractivity contribution >= 4 is 11.8 Å². The Labute approximate surface area is 107 Å². The van der Waals surface area contributed by atoms with E-state index < -0.39 is 0 Å². The Balaban J connectivity index is 1.97. The van der Waals surface area contributed by atoms with Gasteiger partial charge in [0.15, 0.2) is 4.93 Å². The molecule has 0 bridgehead atoms. The number of hydrogen-bond donors (Lipinski definition) is 1. The summed E-state index contributed by atoms with van der Waals surface area (Å²) in [4.78, 5) is 1.12. The molecule has 1 atom stereocenters. The smallest absolute Gasteiger partial charge is 0.153 e. The van der Waals surface area contributed by atoms with Gasteiger partial charge in [-0.05, 0) is 51.3 Å². The van der Waals surface area contributed by atoms with Gasteiger partial charge < -0.3 is 10.5 Å². The monoisotopic (exact) mass is 249 g/mol. The Bertz CT molecular complexity index is 463. The first kappa shape index (κ1) is 11.4. The summed E-state index contributed by atoms with van der Waals surface area (Å²) < 4.78 is 5.96. The molecule has 1 heterocycles. The van der Waals surface area contributed by atoms with Gasteiger partial charge in [-0.1, -0.05) is 17.8 Å². The second kappa shape index (κ2) is 3.42. The van der Waals surface area contributed by atoms with Crippen molar-refractivity contribution in [1.29, 1.82) is 0 Å². The van der Waals surface area contributed by atoms with Crippen molar-refractivity contribution in [3.8, 4) is 5.75 Å². The number of ether oxygens (including phenoxy) is 1. The minimum Gasteiger partial charge on any atom is -0.476 e. The van der Waals surface area contributed by atoms with Crippen LogP contribution in [0.4, 0.5) is 0 Å². The third-order valence-corrected chi connectivity index (χ3v) is 5.02. The van der Waals surface area contributed by atoms with Crippen LogP contribution in [0.5, 0.6) is 5.75 Å². The number of benzene rings is 1. The summed E-state index contributed by atoms with van der Waals surface area (Å²) in [5.41, 5.74) is 7.69. The number of thioether (sulfide) groups is 1. The van der Waals surface area contributed by atoms with Crippen LogP contribution in [0.1, 0.15) is 39.2 Å². The molecule has 92 valence electrons. The maximum absolute atomic E-state index is 6.12. The third kappa shape index (κ3) is 1.76. The average Bonchev–Trinajstić information content (AvgIpc) is 2.95. The van der Waals surface area contributed by atoms with Gasteiger partial charge in [-0.25, -0.2) is 0 Å². The van der Waals surface area contributed by atoms with Crippen molar-refractivity contribution in [2.24, 2.45) is 5.73 Å². The zero-order valence-corrected chi connectivity index (χ0v) is 11.4. The van der Waals surface area contributed by atoms with Crippen molar-refractivity contribution in [3.05, 3.63) is 23.8 Å². The quantitative estimate of drug-likeness (QED) is 0.873. The molecule has 2 aliphatic rings. The highest BCUT2D eigenvalue weighted by Crippen LogP contribution is 2.54. The molecule has 1 fully saturated rings. The van der Waals surface area contributed by atoms with E-state index in [9.17, 15) is 0 Å². The van der Waals surface area contributed by atoms with Crippen LogP contribution in [-0.4, -0.2) is 11.0 Å². The third-order valence-electron chi connectivity index (χ3n) is 3.89. The number of nitrogens with two attached hydrogens (primary N) is 1. The Hall–Kier alpha value is -0.670. The van der Waals surface area contributed by atoms with Gasteiger partial charge in [-0.3, -0.25) is 0 Å². The lowest BCUT2D eigenvalue weighted by Gasteiger charge is -2.20. The molecule has 1 aromatic rings. The Morgan fingerprint density at radius 2 is 2.06 bits per heavy atom. The van der Waals surface area contributed by atoms with Gasteiger partial charge in [-0.2, -0.15) is 0 Å². The molecule has 1 aromatic carbocycles. The van der Waals surface area contributed by atoms with Gasteiger partial charge in [0.2, 0.25) is 0 Å². The van der Waals surface area contributed by atoms with Crippen molar-refractivity contribution in [2.75, 3.05) is 0 Å². The Morgan fingerprint density at radius 3 is 2.65 bits per heavy atom. The predicted octanol–water partition coefficient (Wildman–Crippen LogP) is 3.29. The van der Waals surface area contributed by atoms with E-state index in [1.54, 1.807) is 11.8 Å². The molecule has 0 radical (unpaired) electrons. The molecule has 3 rings (SSSR count). The second-order valence-corrected chi connectivity index (χ2v) is 7.34. The summed E-state index contributed by atoms with van der Waals surface area (Å²) in [6.07, 6.45) is 2.42. The van der Waals surface area contributed by atoms with E-state index in [1.807, 2.05) is 0 Å². The van der Waals surface area contributed by atoms with Gasteiger partial charge in [0.25, 0.3) is 0 Å². The van der Waals surface area contributed by atoms with Gasteiger partial charge in [-0.15, -0.1) is 0 Å². The maximum Gasteiger partial charge on any atom is 0.153 e. The minimum atomic E-state index is -0.133. The molecule has 1 aliphatic carbocycles. The van der Waals surface area contributed by atoms with E-state index >= 15 is 0 Å². The lowest BCUT2D eigenvalue weighted by molar-refractivity contribution is 0.214. The molecule has 0 spiro atoms. The molecule has 3 heteroatoms. The highest BCUT2D eigenvalue weighted by Gasteiger charge is 2.48. The Kier molecular flexibility index (Phi) is 2.30. The van der Waals surface area contributed by atoms with Gasteiger partial charge in [0.1, 0.15) is 5.75 Å². The SMILES string of the molecule is CC(N)C1(c2ccc3c(c2)OC(C)(C)S3)CC1. The largest absolute Gasteiger partial charge is 0.476 e. The van der Waals surface area contributed by atoms with Gasteiger partial charge in [0, 0.05) is 11.5 Å². The fourth-order valence-corrected chi connectivity index (χ4v) is 3.67. The molecular weight excluding hydrogens is 230 g/mol. The summed E-state index contributed by atoms with van der Waals surface area (Å²) in [7, 11) is 0. The van der Waals surface area contributed by atoms with Crippen LogP contribution in [0.25, 0.3) is 0 Å². The molecule has 2 N–H and O–H groups in total. The van der Waals surface area contributed by atoms with E-state index in [0.29, 0.717) is 0 Å². The van der Waals surface area contributed by atoms with Crippen LogP contribution >= 0.6 is 11.8 Å². The average molecular weight is 249 g/mol. The van der Waals surface area contributed by atoms with E-state index in [1.165, 1.54) is 23.3 Å². The summed E-state index contributed by atoms with van der Waals surface area (Å²) in [5, 5.41) is 0. The predicted molar refractivity (Wildman–Crippen MR) is 71.6 cm³/mol. The van der Waals surface area contributed by atoms with Crippen molar-refractivity contribution in [1.82, 2.24) is 0 Å². The normalized spacial score (nSPS) is 24.9. The van der Waals surface area contributed by atoms with E-state index in [-0.39, 0.29) is 16.4 Å². The molecular formula is C14H19NOS. The van der Waals surface area contributed by atoms with E-state index in [4.69, 9.17) is 10.5 Å². The first-order valence-corrected chi connectivity index (χ1v) is 7.03. The van der Waals surface area contributed by atoms with Crippen LogP contribution in [-0.2, 0) is 5.41 Å². The van der Waals surface area contributed by atoms with Crippen molar-refractivity contribution in [2.45, 2.75) is 54.9 Å². The molecule has 1 aliphatic heterocycles. The number of rotatable bonds is 2.